The van der Waals surface area contributed by atoms with E-state index in [1.165, 1.54) is 38.8 Å². The van der Waals surface area contributed by atoms with Gasteiger partial charge in [0.05, 0.1) is 11.7 Å². The number of carbonyl (C=O) groups excluding carboxylic acids is 1. The molecule has 0 radical (unpaired) electrons. The predicted molar refractivity (Wildman–Crippen MR) is 91.8 cm³/mol. The summed E-state index contributed by atoms with van der Waals surface area (Å²) in [6, 6.07) is 3.48. The van der Waals surface area contributed by atoms with E-state index in [-0.39, 0.29) is 17.6 Å². The zero-order valence-corrected chi connectivity index (χ0v) is 14.2. The maximum atomic E-state index is 12.2. The van der Waals surface area contributed by atoms with Crippen LogP contribution < -0.4 is 5.32 Å². The van der Waals surface area contributed by atoms with Gasteiger partial charge in [0.25, 0.3) is 5.91 Å². The fourth-order valence-electron chi connectivity index (χ4n) is 4.13. The summed E-state index contributed by atoms with van der Waals surface area (Å²) in [7, 11) is 0. The summed E-state index contributed by atoms with van der Waals surface area (Å²) < 4.78 is 6.48. The Balaban J connectivity index is 1.28. The molecule has 1 aromatic heterocycles. The van der Waals surface area contributed by atoms with E-state index in [2.05, 4.69) is 15.2 Å². The molecule has 1 N–H and O–H groups in total. The molecule has 1 aliphatic carbocycles. The lowest BCUT2D eigenvalue weighted by atomic mass is 9.90. The molecule has 1 saturated carbocycles. The molecule has 3 heterocycles. The fraction of sp³-hybridized carbons (Fsp3) is 0.684. The minimum absolute atomic E-state index is 0.0394. The second-order valence-electron chi connectivity index (χ2n) is 7.69. The number of aromatic nitrogens is 1. The summed E-state index contributed by atoms with van der Waals surface area (Å²) in [5.41, 5.74) is 0.700. The number of rotatable bonds is 5. The maximum Gasteiger partial charge on any atom is 0.251 e. The highest BCUT2D eigenvalue weighted by molar-refractivity contribution is 5.93. The van der Waals surface area contributed by atoms with Gasteiger partial charge >= 0.3 is 0 Å². The van der Waals surface area contributed by atoms with Crippen LogP contribution in [0.15, 0.2) is 24.5 Å². The molecular formula is C19H27N3O2. The van der Waals surface area contributed by atoms with E-state index in [1.807, 2.05) is 0 Å². The number of carbonyl (C=O) groups is 1. The average Bonchev–Trinajstić information content (AvgIpc) is 3.35. The number of nitrogens with one attached hydrogen (secondary N) is 1. The first kappa shape index (κ1) is 16.0. The third kappa shape index (κ3) is 3.78. The smallest absolute Gasteiger partial charge is 0.251 e. The van der Waals surface area contributed by atoms with Crippen LogP contribution in [-0.4, -0.2) is 53.7 Å². The number of hydrogen-bond acceptors (Lipinski definition) is 4. The number of hydrogen-bond donors (Lipinski definition) is 1. The summed E-state index contributed by atoms with van der Waals surface area (Å²) in [6.45, 7) is 4.12. The maximum absolute atomic E-state index is 12.2. The van der Waals surface area contributed by atoms with Crippen LogP contribution in [0.25, 0.3) is 0 Å². The van der Waals surface area contributed by atoms with Crippen molar-refractivity contribution >= 4 is 5.91 Å². The van der Waals surface area contributed by atoms with Gasteiger partial charge in [0.15, 0.2) is 0 Å². The first-order valence-corrected chi connectivity index (χ1v) is 9.31. The van der Waals surface area contributed by atoms with E-state index in [9.17, 15) is 4.79 Å². The van der Waals surface area contributed by atoms with Crippen LogP contribution in [0.4, 0.5) is 0 Å². The van der Waals surface area contributed by atoms with Crippen molar-refractivity contribution < 1.29 is 9.53 Å². The van der Waals surface area contributed by atoms with Crippen LogP contribution in [0.3, 0.4) is 0 Å². The van der Waals surface area contributed by atoms with E-state index < -0.39 is 0 Å². The van der Waals surface area contributed by atoms with Crippen LogP contribution >= 0.6 is 0 Å². The van der Waals surface area contributed by atoms with Gasteiger partial charge in [-0.05, 0) is 56.6 Å². The van der Waals surface area contributed by atoms with E-state index in [0.29, 0.717) is 12.1 Å². The number of ether oxygens (including phenoxy) is 1. The fourth-order valence-corrected chi connectivity index (χ4v) is 4.13. The molecule has 2 saturated heterocycles. The minimum atomic E-state index is -0.0394. The van der Waals surface area contributed by atoms with Crippen LogP contribution in [0, 0.1) is 5.92 Å². The third-order valence-corrected chi connectivity index (χ3v) is 5.62. The van der Waals surface area contributed by atoms with Gasteiger partial charge in [0.1, 0.15) is 0 Å². The van der Waals surface area contributed by atoms with Gasteiger partial charge in [0, 0.05) is 44.1 Å². The van der Waals surface area contributed by atoms with Gasteiger partial charge in [-0.2, -0.15) is 0 Å². The van der Waals surface area contributed by atoms with Crippen LogP contribution in [-0.2, 0) is 4.74 Å². The molecule has 0 unspecified atom stereocenters. The molecule has 2 atom stereocenters. The molecule has 130 valence electrons. The second kappa shape index (κ2) is 6.81. The minimum Gasteiger partial charge on any atom is -0.369 e. The molecule has 4 rings (SSSR count). The van der Waals surface area contributed by atoms with Crippen molar-refractivity contribution in [2.24, 2.45) is 5.92 Å². The zero-order valence-electron chi connectivity index (χ0n) is 14.2. The number of nitrogens with zero attached hydrogens (tertiary/aromatic N) is 2. The molecule has 1 aromatic rings. The van der Waals surface area contributed by atoms with Crippen molar-refractivity contribution in [1.29, 1.82) is 0 Å². The van der Waals surface area contributed by atoms with Crippen LogP contribution in [0.1, 0.15) is 48.9 Å². The highest BCUT2D eigenvalue weighted by Crippen LogP contribution is 2.38. The molecule has 3 aliphatic rings. The summed E-state index contributed by atoms with van der Waals surface area (Å²) in [4.78, 5) is 18.7. The quantitative estimate of drug-likeness (QED) is 0.900. The van der Waals surface area contributed by atoms with Crippen molar-refractivity contribution in [1.82, 2.24) is 15.2 Å². The van der Waals surface area contributed by atoms with Gasteiger partial charge in [-0.1, -0.05) is 0 Å². The van der Waals surface area contributed by atoms with Gasteiger partial charge in [-0.3, -0.25) is 9.78 Å². The Bertz CT molecular complexity index is 575. The van der Waals surface area contributed by atoms with Gasteiger partial charge in [-0.15, -0.1) is 0 Å². The lowest BCUT2D eigenvalue weighted by Crippen LogP contribution is -2.47. The average molecular weight is 329 g/mol. The van der Waals surface area contributed by atoms with Crippen molar-refractivity contribution in [2.45, 2.75) is 50.2 Å². The summed E-state index contributed by atoms with van der Waals surface area (Å²) in [5.74, 6) is 0.904. The van der Waals surface area contributed by atoms with E-state index >= 15 is 0 Å². The van der Waals surface area contributed by atoms with Crippen molar-refractivity contribution in [3.63, 3.8) is 0 Å². The molecule has 5 heteroatoms. The Hall–Kier alpha value is -1.46. The molecular weight excluding hydrogens is 302 g/mol. The Morgan fingerprint density at radius 1 is 1.29 bits per heavy atom. The molecule has 1 amide bonds. The van der Waals surface area contributed by atoms with E-state index in [0.717, 1.165) is 25.3 Å². The van der Waals surface area contributed by atoms with Gasteiger partial charge in [0.2, 0.25) is 0 Å². The molecule has 24 heavy (non-hydrogen) atoms. The van der Waals surface area contributed by atoms with Crippen molar-refractivity contribution in [3.8, 4) is 0 Å². The predicted octanol–water partition coefficient (Wildman–Crippen LogP) is 2.23. The molecule has 2 aliphatic heterocycles. The SMILES string of the molecule is O=C(NC[C@@H]1CCC[C@@]2(CCN(CC3CC3)C2)O1)c1ccncc1. The number of pyridine rings is 1. The summed E-state index contributed by atoms with van der Waals surface area (Å²) >= 11 is 0. The second-order valence-corrected chi connectivity index (χ2v) is 7.69. The standard InChI is InChI=1S/C19H27N3O2/c23-18(16-5-9-20-10-6-16)21-12-17-2-1-7-19(24-17)8-11-22(14-19)13-15-3-4-15/h5-6,9-10,15,17H,1-4,7-8,11-14H2,(H,21,23)/t17-,19-/m0/s1. The zero-order chi connectivity index (χ0) is 16.4. The highest BCUT2D eigenvalue weighted by Gasteiger charge is 2.43. The van der Waals surface area contributed by atoms with Crippen molar-refractivity contribution in [3.05, 3.63) is 30.1 Å². The Kier molecular flexibility index (Phi) is 4.55. The topological polar surface area (TPSA) is 54.5 Å². The van der Waals surface area contributed by atoms with Crippen molar-refractivity contribution in [2.75, 3.05) is 26.2 Å². The Labute approximate surface area is 143 Å². The first-order chi connectivity index (χ1) is 11.7. The normalized spacial score (nSPS) is 30.6. The van der Waals surface area contributed by atoms with Gasteiger partial charge < -0.3 is 15.0 Å². The molecule has 3 fully saturated rings. The largest absolute Gasteiger partial charge is 0.369 e. The number of amides is 1. The van der Waals surface area contributed by atoms with E-state index in [1.54, 1.807) is 24.5 Å². The molecule has 0 aromatic carbocycles. The third-order valence-electron chi connectivity index (χ3n) is 5.62. The van der Waals surface area contributed by atoms with E-state index in [4.69, 9.17) is 4.74 Å². The lowest BCUT2D eigenvalue weighted by Gasteiger charge is -2.39. The Morgan fingerprint density at radius 3 is 2.92 bits per heavy atom. The van der Waals surface area contributed by atoms with Crippen LogP contribution in [0.5, 0.6) is 0 Å². The van der Waals surface area contributed by atoms with Crippen LogP contribution in [0.2, 0.25) is 0 Å². The molecule has 5 nitrogen and oxygen atoms in total. The highest BCUT2D eigenvalue weighted by atomic mass is 16.5. The first-order valence-electron chi connectivity index (χ1n) is 9.31. The molecule has 1 spiro atoms. The monoisotopic (exact) mass is 329 g/mol. The summed E-state index contributed by atoms with van der Waals surface area (Å²) in [5, 5.41) is 3.02. The molecule has 0 bridgehead atoms. The van der Waals surface area contributed by atoms with Gasteiger partial charge in [-0.25, -0.2) is 0 Å². The summed E-state index contributed by atoms with van der Waals surface area (Å²) in [6.07, 6.45) is 10.8. The Morgan fingerprint density at radius 2 is 2.12 bits per heavy atom. The lowest BCUT2D eigenvalue weighted by molar-refractivity contribution is -0.118. The number of likely N-dealkylation sites (tertiary alicyclic amines) is 1.